The molecule has 0 aliphatic rings. The van der Waals surface area contributed by atoms with E-state index in [-0.39, 0.29) is 29.9 Å². The molecule has 8 heteroatoms. The van der Waals surface area contributed by atoms with Crippen LogP contribution in [0.1, 0.15) is 27.2 Å². The van der Waals surface area contributed by atoms with Crippen LogP contribution < -0.4 is 15.4 Å². The first-order chi connectivity index (χ1) is 16.0. The number of nitrogens with one attached hydrogen (secondary N) is 2. The lowest BCUT2D eigenvalue weighted by Gasteiger charge is -2.14. The van der Waals surface area contributed by atoms with E-state index in [1.165, 1.54) is 0 Å². The van der Waals surface area contributed by atoms with E-state index >= 15 is 0 Å². The summed E-state index contributed by atoms with van der Waals surface area (Å²) >= 11 is 0. The van der Waals surface area contributed by atoms with Crippen molar-refractivity contribution in [1.82, 2.24) is 15.5 Å². The minimum atomic E-state index is 0. The Morgan fingerprint density at radius 1 is 0.971 bits per heavy atom. The van der Waals surface area contributed by atoms with Crippen molar-refractivity contribution in [2.75, 3.05) is 34.3 Å². The summed E-state index contributed by atoms with van der Waals surface area (Å²) in [6.45, 7) is 1.94. The van der Waals surface area contributed by atoms with E-state index < -0.39 is 0 Å². The number of amides is 1. The van der Waals surface area contributed by atoms with Crippen LogP contribution in [0.4, 0.5) is 0 Å². The van der Waals surface area contributed by atoms with Gasteiger partial charge in [-0.05, 0) is 53.9 Å². The van der Waals surface area contributed by atoms with Crippen molar-refractivity contribution in [1.29, 1.82) is 0 Å². The van der Waals surface area contributed by atoms with Gasteiger partial charge in [-0.2, -0.15) is 0 Å². The van der Waals surface area contributed by atoms with Gasteiger partial charge in [-0.1, -0.05) is 24.3 Å². The van der Waals surface area contributed by atoms with Crippen LogP contribution in [-0.4, -0.2) is 51.1 Å². The number of benzene rings is 2. The van der Waals surface area contributed by atoms with Gasteiger partial charge in [-0.3, -0.25) is 4.79 Å². The molecule has 0 spiro atoms. The molecule has 34 heavy (non-hydrogen) atoms. The Hall–Kier alpha value is -3.01. The molecular weight excluding hydrogens is 543 g/mol. The smallest absolute Gasteiger partial charge is 0.253 e. The number of aliphatic imine (C=N–C) groups is 1. The second-order valence-electron chi connectivity index (χ2n) is 7.85. The molecule has 182 valence electrons. The Labute approximate surface area is 218 Å². The van der Waals surface area contributed by atoms with Gasteiger partial charge in [0, 0.05) is 39.2 Å². The average molecular weight is 576 g/mol. The Balaban J connectivity index is 0.00000408. The van der Waals surface area contributed by atoms with Gasteiger partial charge in [-0.25, -0.2) is 4.99 Å². The van der Waals surface area contributed by atoms with Gasteiger partial charge in [0.15, 0.2) is 5.96 Å². The first kappa shape index (κ1) is 27.2. The topological polar surface area (TPSA) is 79.1 Å². The van der Waals surface area contributed by atoms with E-state index in [2.05, 4.69) is 10.6 Å². The summed E-state index contributed by atoms with van der Waals surface area (Å²) in [6, 6.07) is 19.5. The SMILES string of the molecule is COc1ccc(CN=C(NCCc2cccc(C(=O)N(C)C)c2)NCCc2ccco2)cc1.I. The van der Waals surface area contributed by atoms with E-state index in [1.54, 1.807) is 32.4 Å². The zero-order chi connectivity index (χ0) is 23.5. The minimum absolute atomic E-state index is 0. The Morgan fingerprint density at radius 3 is 2.35 bits per heavy atom. The zero-order valence-corrected chi connectivity index (χ0v) is 22.2. The molecule has 3 rings (SSSR count). The lowest BCUT2D eigenvalue weighted by Crippen LogP contribution is -2.39. The van der Waals surface area contributed by atoms with Crippen molar-refractivity contribution in [3.05, 3.63) is 89.4 Å². The zero-order valence-electron chi connectivity index (χ0n) is 19.9. The molecule has 0 saturated heterocycles. The molecule has 1 aromatic heterocycles. The normalized spacial score (nSPS) is 10.9. The molecule has 0 atom stereocenters. The number of carbonyl (C=O) groups is 1. The molecule has 0 bridgehead atoms. The summed E-state index contributed by atoms with van der Waals surface area (Å²) in [5.41, 5.74) is 2.89. The van der Waals surface area contributed by atoms with Crippen LogP contribution in [-0.2, 0) is 19.4 Å². The summed E-state index contributed by atoms with van der Waals surface area (Å²) in [4.78, 5) is 18.5. The van der Waals surface area contributed by atoms with Crippen molar-refractivity contribution in [3.63, 3.8) is 0 Å². The quantitative estimate of drug-likeness (QED) is 0.216. The molecule has 7 nitrogen and oxygen atoms in total. The average Bonchev–Trinajstić information content (AvgIpc) is 3.35. The highest BCUT2D eigenvalue weighted by Crippen LogP contribution is 2.12. The number of furan rings is 1. The highest BCUT2D eigenvalue weighted by Gasteiger charge is 2.08. The number of methoxy groups -OCH3 is 1. The van der Waals surface area contributed by atoms with Crippen molar-refractivity contribution < 1.29 is 13.9 Å². The third-order valence-electron chi connectivity index (χ3n) is 5.11. The van der Waals surface area contributed by atoms with Crippen molar-refractivity contribution in [3.8, 4) is 5.75 Å². The van der Waals surface area contributed by atoms with Gasteiger partial charge in [0.2, 0.25) is 0 Å². The van der Waals surface area contributed by atoms with Crippen LogP contribution in [0.15, 0.2) is 76.3 Å². The Kier molecular flexibility index (Phi) is 11.5. The third-order valence-corrected chi connectivity index (χ3v) is 5.11. The summed E-state index contributed by atoms with van der Waals surface area (Å²) in [7, 11) is 5.18. The van der Waals surface area contributed by atoms with Gasteiger partial charge in [0.1, 0.15) is 11.5 Å². The van der Waals surface area contributed by atoms with Crippen LogP contribution in [0.3, 0.4) is 0 Å². The van der Waals surface area contributed by atoms with Crippen LogP contribution in [0.25, 0.3) is 0 Å². The van der Waals surface area contributed by atoms with Crippen LogP contribution in [0, 0.1) is 0 Å². The van der Waals surface area contributed by atoms with E-state index in [9.17, 15) is 4.79 Å². The monoisotopic (exact) mass is 576 g/mol. The molecule has 1 heterocycles. The standard InChI is InChI=1S/C26H32N4O3.HI/c1-30(2)25(31)22-7-4-6-20(18-22)13-15-27-26(28-16-14-24-8-5-17-33-24)29-19-21-9-11-23(32-3)12-10-21;/h4-12,17-18H,13-16,19H2,1-3H3,(H2,27,28,29);1H. The van der Waals surface area contributed by atoms with Gasteiger partial charge in [0.25, 0.3) is 5.91 Å². The maximum Gasteiger partial charge on any atom is 0.253 e. The fraction of sp³-hybridized carbons (Fsp3) is 0.308. The fourth-order valence-electron chi connectivity index (χ4n) is 3.28. The predicted octanol–water partition coefficient (Wildman–Crippen LogP) is 4.13. The molecular formula is C26H33IN4O3. The van der Waals surface area contributed by atoms with Crippen LogP contribution >= 0.6 is 24.0 Å². The number of nitrogens with zero attached hydrogens (tertiary/aromatic N) is 2. The lowest BCUT2D eigenvalue weighted by atomic mass is 10.1. The number of rotatable bonds is 10. The van der Waals surface area contributed by atoms with Gasteiger partial charge >= 0.3 is 0 Å². The molecule has 0 unspecified atom stereocenters. The lowest BCUT2D eigenvalue weighted by molar-refractivity contribution is 0.0827. The first-order valence-electron chi connectivity index (χ1n) is 11.0. The largest absolute Gasteiger partial charge is 0.497 e. The number of hydrogen-bond acceptors (Lipinski definition) is 4. The summed E-state index contributed by atoms with van der Waals surface area (Å²) in [6.07, 6.45) is 3.22. The molecule has 0 aliphatic heterocycles. The van der Waals surface area contributed by atoms with Crippen molar-refractivity contribution >= 4 is 35.8 Å². The maximum atomic E-state index is 12.2. The number of halogens is 1. The second-order valence-corrected chi connectivity index (χ2v) is 7.85. The van der Waals surface area contributed by atoms with Crippen molar-refractivity contribution in [2.24, 2.45) is 4.99 Å². The van der Waals surface area contributed by atoms with Crippen LogP contribution in [0.5, 0.6) is 5.75 Å². The number of hydrogen-bond donors (Lipinski definition) is 2. The number of carbonyl (C=O) groups excluding carboxylic acids is 1. The highest BCUT2D eigenvalue weighted by molar-refractivity contribution is 14.0. The van der Waals surface area contributed by atoms with E-state index in [1.807, 2.05) is 60.7 Å². The summed E-state index contributed by atoms with van der Waals surface area (Å²) in [5.74, 6) is 2.50. The Morgan fingerprint density at radius 2 is 1.71 bits per heavy atom. The van der Waals surface area contributed by atoms with E-state index in [0.717, 1.165) is 41.4 Å². The molecule has 1 amide bonds. The van der Waals surface area contributed by atoms with Gasteiger partial charge in [-0.15, -0.1) is 24.0 Å². The number of ether oxygens (including phenoxy) is 1. The molecule has 0 fully saturated rings. The maximum absolute atomic E-state index is 12.2. The molecule has 0 radical (unpaired) electrons. The highest BCUT2D eigenvalue weighted by atomic mass is 127. The molecule has 0 saturated carbocycles. The fourth-order valence-corrected chi connectivity index (χ4v) is 3.28. The van der Waals surface area contributed by atoms with E-state index in [4.69, 9.17) is 14.1 Å². The number of guanidine groups is 1. The molecule has 2 aromatic carbocycles. The van der Waals surface area contributed by atoms with Gasteiger partial charge in [0.05, 0.1) is 19.9 Å². The third kappa shape index (κ3) is 8.74. The summed E-state index contributed by atoms with van der Waals surface area (Å²) in [5, 5.41) is 6.78. The first-order valence-corrected chi connectivity index (χ1v) is 11.0. The van der Waals surface area contributed by atoms with Crippen LogP contribution in [0.2, 0.25) is 0 Å². The second kappa shape index (κ2) is 14.3. The Bertz CT molecular complexity index is 1030. The predicted molar refractivity (Wildman–Crippen MR) is 146 cm³/mol. The molecule has 2 N–H and O–H groups in total. The summed E-state index contributed by atoms with van der Waals surface area (Å²) < 4.78 is 10.6. The van der Waals surface area contributed by atoms with Crippen molar-refractivity contribution in [2.45, 2.75) is 19.4 Å². The van der Waals surface area contributed by atoms with Gasteiger partial charge < -0.3 is 24.7 Å². The minimum Gasteiger partial charge on any atom is -0.497 e. The molecule has 0 aliphatic carbocycles. The molecule has 3 aromatic rings. The van der Waals surface area contributed by atoms with E-state index in [0.29, 0.717) is 25.2 Å².